The van der Waals surface area contributed by atoms with Crippen LogP contribution in [0.2, 0.25) is 0 Å². The molecule has 6 heteroatoms. The van der Waals surface area contributed by atoms with E-state index in [9.17, 15) is 0 Å². The standard InChI is InChI=1S/C61H62F3N3/c1-33(2)39-13-19-52-46(25-39)47-26-40(34(3)4)14-20-53(47)65(52)45-31-58(66-54-21-15-41(35(5)6)27-48(54)49-28-42(36(7)8)16-22-55(49)66)60(61(62,63)64)59(32-45)67-56-23-17-43(37(9)10)29-50(56)51-30-44(38(11)12)18-24-57(51)67/h13-38H,1-12H3. The summed E-state index contributed by atoms with van der Waals surface area (Å²) in [7, 11) is 0. The van der Waals surface area contributed by atoms with E-state index in [2.05, 4.69) is 173 Å². The highest BCUT2D eigenvalue weighted by Crippen LogP contribution is 2.48. The third-order valence-corrected chi connectivity index (χ3v) is 14.5. The van der Waals surface area contributed by atoms with E-state index in [4.69, 9.17) is 0 Å². The van der Waals surface area contributed by atoms with Gasteiger partial charge in [-0.15, -0.1) is 0 Å². The van der Waals surface area contributed by atoms with E-state index in [-0.39, 0.29) is 35.0 Å². The molecule has 0 atom stereocenters. The van der Waals surface area contributed by atoms with Crippen molar-refractivity contribution in [1.29, 1.82) is 0 Å². The summed E-state index contributed by atoms with van der Waals surface area (Å²) in [6.07, 6.45) is -4.76. The minimum atomic E-state index is -4.76. The zero-order chi connectivity index (χ0) is 47.5. The second-order valence-electron chi connectivity index (χ2n) is 21.0. The zero-order valence-electron chi connectivity index (χ0n) is 41.0. The van der Waals surface area contributed by atoms with E-state index < -0.39 is 11.7 Å². The van der Waals surface area contributed by atoms with Gasteiger partial charge >= 0.3 is 6.18 Å². The number of halogens is 3. The number of nitrogens with zero attached hydrogens (tertiary/aromatic N) is 3. The smallest absolute Gasteiger partial charge is 0.309 e. The van der Waals surface area contributed by atoms with Gasteiger partial charge in [-0.1, -0.05) is 119 Å². The van der Waals surface area contributed by atoms with Crippen LogP contribution < -0.4 is 0 Å². The van der Waals surface area contributed by atoms with Crippen molar-refractivity contribution in [3.05, 3.63) is 160 Å². The summed E-state index contributed by atoms with van der Waals surface area (Å²) in [5.74, 6) is 1.55. The van der Waals surface area contributed by atoms with Gasteiger partial charge in [-0.25, -0.2) is 0 Å². The number of fused-ring (bicyclic) bond motifs is 9. The maximum absolute atomic E-state index is 17.0. The van der Waals surface area contributed by atoms with Gasteiger partial charge in [0.05, 0.1) is 50.2 Å². The second-order valence-corrected chi connectivity index (χ2v) is 21.0. The Kier molecular flexibility index (Phi) is 10.8. The molecule has 0 aliphatic carbocycles. The molecular formula is C61H62F3N3. The minimum absolute atomic E-state index is 0.0924. The fraction of sp³-hybridized carbons (Fsp3) is 0.311. The van der Waals surface area contributed by atoms with Crippen LogP contribution in [0.3, 0.4) is 0 Å². The maximum atomic E-state index is 17.0. The predicted octanol–water partition coefficient (Wildman–Crippen LogP) is 18.7. The lowest BCUT2D eigenvalue weighted by molar-refractivity contribution is -0.137. The van der Waals surface area contributed by atoms with Gasteiger partial charge < -0.3 is 13.7 Å². The van der Waals surface area contributed by atoms with Gasteiger partial charge in [0, 0.05) is 32.3 Å². The van der Waals surface area contributed by atoms with Gasteiger partial charge in [-0.2, -0.15) is 13.2 Å². The number of rotatable bonds is 9. The van der Waals surface area contributed by atoms with Crippen molar-refractivity contribution in [1.82, 2.24) is 13.7 Å². The van der Waals surface area contributed by atoms with E-state index in [1.54, 1.807) is 0 Å². The van der Waals surface area contributed by atoms with Crippen LogP contribution in [-0.4, -0.2) is 13.7 Å². The van der Waals surface area contributed by atoms with Crippen molar-refractivity contribution in [3.8, 4) is 17.1 Å². The predicted molar refractivity (Wildman–Crippen MR) is 279 cm³/mol. The molecule has 0 unspecified atom stereocenters. The number of benzene rings is 7. The molecule has 10 aromatic rings. The van der Waals surface area contributed by atoms with Crippen LogP contribution >= 0.6 is 0 Å². The monoisotopic (exact) mass is 893 g/mol. The van der Waals surface area contributed by atoms with Gasteiger partial charge in [0.25, 0.3) is 0 Å². The van der Waals surface area contributed by atoms with Crippen molar-refractivity contribution in [2.75, 3.05) is 0 Å². The number of alkyl halides is 3. The molecule has 0 radical (unpaired) electrons. The first-order valence-corrected chi connectivity index (χ1v) is 24.3. The summed E-state index contributed by atoms with van der Waals surface area (Å²) in [6, 6.07) is 42.1. The SMILES string of the molecule is CC(C)c1ccc2c(c1)c1cc(C(C)C)ccc1n2-c1cc(-n2c3ccc(C(C)C)cc3c3cc(C(C)C)ccc32)c(C(F)(F)F)c(-n2c3ccc(C(C)C)cc3c3cc(C(C)C)ccc32)c1. The van der Waals surface area contributed by atoms with E-state index in [0.717, 1.165) is 87.7 Å². The molecular weight excluding hydrogens is 832 g/mol. The molecule has 0 saturated carbocycles. The molecule has 3 aromatic heterocycles. The van der Waals surface area contributed by atoms with Crippen LogP contribution in [0.5, 0.6) is 0 Å². The highest BCUT2D eigenvalue weighted by Gasteiger charge is 2.40. The molecule has 0 fully saturated rings. The summed E-state index contributed by atoms with van der Waals surface area (Å²) in [4.78, 5) is 0. The molecule has 0 saturated heterocycles. The largest absolute Gasteiger partial charge is 0.420 e. The van der Waals surface area contributed by atoms with Crippen molar-refractivity contribution >= 4 is 65.4 Å². The zero-order valence-corrected chi connectivity index (χ0v) is 41.0. The van der Waals surface area contributed by atoms with Crippen LogP contribution in [-0.2, 0) is 6.18 Å². The average Bonchev–Trinajstić information content (AvgIpc) is 3.91. The minimum Gasteiger partial charge on any atom is -0.309 e. The summed E-state index contributed by atoms with van der Waals surface area (Å²) >= 11 is 0. The van der Waals surface area contributed by atoms with Gasteiger partial charge in [-0.05, 0) is 154 Å². The molecule has 0 bridgehead atoms. The Bertz CT molecular complexity index is 3230. The fourth-order valence-electron chi connectivity index (χ4n) is 10.5. The summed E-state index contributed by atoms with van der Waals surface area (Å²) in [5.41, 5.74) is 12.0. The second kappa shape index (κ2) is 16.2. The lowest BCUT2D eigenvalue weighted by atomic mass is 9.98. The topological polar surface area (TPSA) is 14.8 Å². The van der Waals surface area contributed by atoms with Gasteiger partial charge in [0.15, 0.2) is 0 Å². The highest BCUT2D eigenvalue weighted by molar-refractivity contribution is 6.13. The Morgan fingerprint density at radius 3 is 0.701 bits per heavy atom. The van der Waals surface area contributed by atoms with Crippen molar-refractivity contribution in [2.24, 2.45) is 0 Å². The van der Waals surface area contributed by atoms with Crippen LogP contribution in [0.4, 0.5) is 13.2 Å². The third kappa shape index (κ3) is 7.25. The molecule has 0 aliphatic heterocycles. The van der Waals surface area contributed by atoms with E-state index in [1.165, 1.54) is 11.1 Å². The Labute approximate surface area is 392 Å². The van der Waals surface area contributed by atoms with E-state index in [1.807, 2.05) is 45.5 Å². The van der Waals surface area contributed by atoms with Crippen molar-refractivity contribution < 1.29 is 13.2 Å². The lowest BCUT2D eigenvalue weighted by Crippen LogP contribution is -2.17. The summed E-state index contributed by atoms with van der Waals surface area (Å²) < 4.78 is 56.9. The first-order chi connectivity index (χ1) is 31.8. The molecule has 3 heterocycles. The first kappa shape index (κ1) is 44.6. The van der Waals surface area contributed by atoms with Crippen LogP contribution in [0.15, 0.2) is 121 Å². The maximum Gasteiger partial charge on any atom is 0.420 e. The Balaban J connectivity index is 1.43. The molecule has 10 rings (SSSR count). The average molecular weight is 894 g/mol. The molecule has 342 valence electrons. The van der Waals surface area contributed by atoms with Crippen LogP contribution in [0.25, 0.3) is 82.5 Å². The number of hydrogen-bond donors (Lipinski definition) is 0. The normalized spacial score (nSPS) is 12.9. The van der Waals surface area contributed by atoms with Crippen molar-refractivity contribution in [3.63, 3.8) is 0 Å². The summed E-state index contributed by atoms with van der Waals surface area (Å²) in [6.45, 7) is 26.1. The Morgan fingerprint density at radius 2 is 0.507 bits per heavy atom. The molecule has 0 spiro atoms. The van der Waals surface area contributed by atoms with Crippen LogP contribution in [0, 0.1) is 0 Å². The molecule has 3 nitrogen and oxygen atoms in total. The molecule has 0 N–H and O–H groups in total. The van der Waals surface area contributed by atoms with Crippen LogP contribution in [0.1, 0.15) is 158 Å². The Morgan fingerprint density at radius 1 is 0.299 bits per heavy atom. The molecule has 7 aromatic carbocycles. The summed E-state index contributed by atoms with van der Waals surface area (Å²) in [5, 5.41) is 5.96. The third-order valence-electron chi connectivity index (χ3n) is 14.5. The molecule has 67 heavy (non-hydrogen) atoms. The highest BCUT2D eigenvalue weighted by atomic mass is 19.4. The number of hydrogen-bond acceptors (Lipinski definition) is 0. The fourth-order valence-corrected chi connectivity index (χ4v) is 10.5. The van der Waals surface area contributed by atoms with Gasteiger partial charge in [-0.3, -0.25) is 0 Å². The quantitative estimate of drug-likeness (QED) is 0.137. The van der Waals surface area contributed by atoms with E-state index >= 15 is 13.2 Å². The molecule has 0 amide bonds. The van der Waals surface area contributed by atoms with E-state index in [0.29, 0.717) is 17.5 Å². The number of aromatic nitrogens is 3. The molecule has 0 aliphatic rings. The van der Waals surface area contributed by atoms with Gasteiger partial charge in [0.1, 0.15) is 5.56 Å². The van der Waals surface area contributed by atoms with Gasteiger partial charge in [0.2, 0.25) is 0 Å². The van der Waals surface area contributed by atoms with Crippen molar-refractivity contribution in [2.45, 2.75) is 125 Å². The lowest BCUT2D eigenvalue weighted by Gasteiger charge is -2.24. The Hall–Kier alpha value is -6.27. The first-order valence-electron chi connectivity index (χ1n) is 24.3.